The minimum absolute atomic E-state index is 0.0129. The fraction of sp³-hybridized carbons (Fsp3) is 0.318. The Hall–Kier alpha value is -3.15. The summed E-state index contributed by atoms with van der Waals surface area (Å²) in [5.74, 6) is -0.0129. The van der Waals surface area contributed by atoms with Crippen LogP contribution in [0.2, 0.25) is 0 Å². The Labute approximate surface area is 164 Å². The van der Waals surface area contributed by atoms with Crippen LogP contribution >= 0.6 is 0 Å². The molecule has 0 spiro atoms. The van der Waals surface area contributed by atoms with Gasteiger partial charge in [0.1, 0.15) is 5.66 Å². The van der Waals surface area contributed by atoms with Gasteiger partial charge in [0.15, 0.2) is 0 Å². The third kappa shape index (κ3) is 2.52. The number of anilines is 1. The zero-order valence-electron chi connectivity index (χ0n) is 16.2. The number of carbonyl (C=O) groups is 1. The van der Waals surface area contributed by atoms with Gasteiger partial charge < -0.3 is 10.2 Å². The molecule has 2 aliphatic rings. The van der Waals surface area contributed by atoms with Gasteiger partial charge in [-0.25, -0.2) is 0 Å². The Bertz CT molecular complexity index is 1010. The van der Waals surface area contributed by atoms with Crippen LogP contribution in [-0.4, -0.2) is 23.0 Å². The summed E-state index contributed by atoms with van der Waals surface area (Å²) in [6.07, 6.45) is 4.10. The van der Waals surface area contributed by atoms with E-state index in [2.05, 4.69) is 49.2 Å². The predicted octanol–water partition coefficient (Wildman–Crippen LogP) is 3.93. The van der Waals surface area contributed by atoms with E-state index in [4.69, 9.17) is 0 Å². The molecule has 2 aromatic carbocycles. The monoisotopic (exact) mass is 377 g/mol. The van der Waals surface area contributed by atoms with E-state index in [1.54, 1.807) is 24.3 Å². The molecule has 1 amide bonds. The highest BCUT2D eigenvalue weighted by atomic mass is 16.6. The van der Waals surface area contributed by atoms with Gasteiger partial charge in [-0.3, -0.25) is 14.9 Å². The van der Waals surface area contributed by atoms with Gasteiger partial charge >= 0.3 is 0 Å². The summed E-state index contributed by atoms with van der Waals surface area (Å²) in [4.78, 5) is 25.6. The number of fused-ring (bicyclic) bond motifs is 3. The number of hydrogen-bond acceptors (Lipinski definition) is 4. The van der Waals surface area contributed by atoms with Crippen LogP contribution in [0.4, 0.5) is 11.4 Å². The number of hydrogen-bond donors (Lipinski definition) is 1. The van der Waals surface area contributed by atoms with Crippen molar-refractivity contribution >= 4 is 23.4 Å². The van der Waals surface area contributed by atoms with Crippen LogP contribution < -0.4 is 10.2 Å². The van der Waals surface area contributed by atoms with Gasteiger partial charge in [-0.2, -0.15) is 0 Å². The Kier molecular flexibility index (Phi) is 4.03. The van der Waals surface area contributed by atoms with Crippen LogP contribution in [0.15, 0.2) is 48.5 Å². The molecule has 1 saturated heterocycles. The molecule has 0 aromatic heterocycles. The van der Waals surface area contributed by atoms with E-state index >= 15 is 0 Å². The van der Waals surface area contributed by atoms with Crippen molar-refractivity contribution in [2.45, 2.75) is 38.3 Å². The lowest BCUT2D eigenvalue weighted by Gasteiger charge is -2.49. The van der Waals surface area contributed by atoms with Gasteiger partial charge in [0.05, 0.1) is 10.5 Å². The van der Waals surface area contributed by atoms with E-state index in [-0.39, 0.29) is 16.5 Å². The number of aryl methyl sites for hydroxylation is 1. The van der Waals surface area contributed by atoms with E-state index in [0.717, 1.165) is 11.3 Å². The molecule has 6 nitrogen and oxygen atoms in total. The number of benzene rings is 2. The first-order valence-electron chi connectivity index (χ1n) is 9.39. The number of nitro groups is 1. The molecule has 4 rings (SSSR count). The predicted molar refractivity (Wildman–Crippen MR) is 109 cm³/mol. The van der Waals surface area contributed by atoms with E-state index < -0.39 is 11.1 Å². The summed E-state index contributed by atoms with van der Waals surface area (Å²) in [6, 6.07) is 13.0. The molecular weight excluding hydrogens is 354 g/mol. The first-order valence-corrected chi connectivity index (χ1v) is 9.39. The van der Waals surface area contributed by atoms with Gasteiger partial charge in [0.25, 0.3) is 5.69 Å². The van der Waals surface area contributed by atoms with Crippen LogP contribution in [0, 0.1) is 17.0 Å². The van der Waals surface area contributed by atoms with Crippen molar-refractivity contribution in [1.82, 2.24) is 5.32 Å². The fourth-order valence-corrected chi connectivity index (χ4v) is 4.47. The molecule has 0 bridgehead atoms. The lowest BCUT2D eigenvalue weighted by atomic mass is 9.74. The SMILES string of the molecule is Cc1ccc2c(c1)C(C)(C)C1(/C=C/c3ccccc3[N+](=O)[O-])NC(=O)CCN21. The van der Waals surface area contributed by atoms with Crippen molar-refractivity contribution < 1.29 is 9.72 Å². The highest BCUT2D eigenvalue weighted by Gasteiger charge is 2.57. The van der Waals surface area contributed by atoms with Crippen molar-refractivity contribution in [3.05, 3.63) is 75.3 Å². The molecule has 28 heavy (non-hydrogen) atoms. The average Bonchev–Trinajstić information content (AvgIpc) is 2.84. The largest absolute Gasteiger partial charge is 0.344 e. The smallest absolute Gasteiger partial charge is 0.276 e. The molecule has 1 N–H and O–H groups in total. The Morgan fingerprint density at radius 2 is 1.96 bits per heavy atom. The normalized spacial score (nSPS) is 22.7. The third-order valence-electron chi connectivity index (χ3n) is 6.02. The Morgan fingerprint density at radius 3 is 2.71 bits per heavy atom. The molecule has 1 atom stereocenters. The standard InChI is InChI=1S/C22H23N3O3/c1-15-8-9-19-17(14-15)21(2,3)22(23-20(26)11-13-24(19)22)12-10-16-6-4-5-7-18(16)25(27)28/h4-10,12,14H,11,13H2,1-3H3,(H,23,26)/b12-10+. The van der Waals surface area contributed by atoms with Crippen LogP contribution in [0.5, 0.6) is 0 Å². The summed E-state index contributed by atoms with van der Waals surface area (Å²) < 4.78 is 0. The molecule has 0 radical (unpaired) electrons. The molecule has 2 aliphatic heterocycles. The zero-order valence-corrected chi connectivity index (χ0v) is 16.2. The van der Waals surface area contributed by atoms with Crippen molar-refractivity contribution in [2.75, 3.05) is 11.4 Å². The number of nitrogens with one attached hydrogen (secondary N) is 1. The maximum absolute atomic E-state index is 12.4. The highest BCUT2D eigenvalue weighted by molar-refractivity contribution is 5.85. The van der Waals surface area contributed by atoms with Crippen LogP contribution in [0.3, 0.4) is 0 Å². The topological polar surface area (TPSA) is 75.5 Å². The quantitative estimate of drug-likeness (QED) is 0.650. The zero-order chi connectivity index (χ0) is 20.1. The average molecular weight is 377 g/mol. The molecule has 2 aromatic rings. The maximum atomic E-state index is 12.4. The molecule has 1 unspecified atom stereocenters. The van der Waals surface area contributed by atoms with Gasteiger partial charge in [-0.1, -0.05) is 43.7 Å². The van der Waals surface area contributed by atoms with E-state index in [9.17, 15) is 14.9 Å². The third-order valence-corrected chi connectivity index (χ3v) is 6.02. The van der Waals surface area contributed by atoms with Gasteiger partial charge in [0, 0.05) is 30.1 Å². The Balaban J connectivity index is 1.87. The minimum atomic E-state index is -0.776. The van der Waals surface area contributed by atoms with E-state index in [1.807, 2.05) is 6.08 Å². The molecular formula is C22H23N3O3. The second-order valence-corrected chi connectivity index (χ2v) is 8.01. The van der Waals surface area contributed by atoms with Crippen LogP contribution in [-0.2, 0) is 10.2 Å². The second kappa shape index (κ2) is 6.19. The fourth-order valence-electron chi connectivity index (χ4n) is 4.47. The van der Waals surface area contributed by atoms with Crippen LogP contribution in [0.25, 0.3) is 6.08 Å². The van der Waals surface area contributed by atoms with Crippen molar-refractivity contribution in [3.63, 3.8) is 0 Å². The second-order valence-electron chi connectivity index (χ2n) is 8.01. The lowest BCUT2D eigenvalue weighted by molar-refractivity contribution is -0.385. The molecule has 0 saturated carbocycles. The maximum Gasteiger partial charge on any atom is 0.276 e. The van der Waals surface area contributed by atoms with Crippen molar-refractivity contribution in [2.24, 2.45) is 0 Å². The summed E-state index contributed by atoms with van der Waals surface area (Å²) >= 11 is 0. The van der Waals surface area contributed by atoms with Crippen LogP contribution in [0.1, 0.15) is 37.0 Å². The first kappa shape index (κ1) is 18.2. The number of nitrogens with zero attached hydrogens (tertiary/aromatic N) is 2. The number of nitro benzene ring substituents is 1. The number of para-hydroxylation sites is 1. The molecule has 144 valence electrons. The van der Waals surface area contributed by atoms with Gasteiger partial charge in [-0.15, -0.1) is 0 Å². The highest BCUT2D eigenvalue weighted by Crippen LogP contribution is 2.52. The molecule has 6 heteroatoms. The summed E-state index contributed by atoms with van der Waals surface area (Å²) in [7, 11) is 0. The molecule has 2 heterocycles. The van der Waals surface area contributed by atoms with E-state index in [0.29, 0.717) is 18.5 Å². The van der Waals surface area contributed by atoms with Crippen molar-refractivity contribution in [1.29, 1.82) is 0 Å². The summed E-state index contributed by atoms with van der Waals surface area (Å²) in [5, 5.41) is 14.6. The number of carbonyl (C=O) groups excluding carboxylic acids is 1. The van der Waals surface area contributed by atoms with Gasteiger partial charge in [0.2, 0.25) is 5.91 Å². The Morgan fingerprint density at radius 1 is 1.21 bits per heavy atom. The molecule has 1 fully saturated rings. The molecule has 0 aliphatic carbocycles. The summed E-state index contributed by atoms with van der Waals surface area (Å²) in [5.41, 5.74) is 2.81. The number of rotatable bonds is 3. The minimum Gasteiger partial charge on any atom is -0.344 e. The number of amides is 1. The lowest BCUT2D eigenvalue weighted by Crippen LogP contribution is -2.68. The van der Waals surface area contributed by atoms with Crippen molar-refractivity contribution in [3.8, 4) is 0 Å². The van der Waals surface area contributed by atoms with E-state index in [1.165, 1.54) is 11.6 Å². The summed E-state index contributed by atoms with van der Waals surface area (Å²) in [6.45, 7) is 6.88. The first-order chi connectivity index (χ1) is 13.3. The van der Waals surface area contributed by atoms with Gasteiger partial charge in [-0.05, 0) is 36.8 Å².